The summed E-state index contributed by atoms with van der Waals surface area (Å²) >= 11 is 0. The molecule has 1 saturated heterocycles. The van der Waals surface area contributed by atoms with Gasteiger partial charge in [-0.3, -0.25) is 24.2 Å². The van der Waals surface area contributed by atoms with Crippen molar-refractivity contribution in [2.24, 2.45) is 0 Å². The molecule has 2 aromatic carbocycles. The summed E-state index contributed by atoms with van der Waals surface area (Å²) < 4.78 is 0. The van der Waals surface area contributed by atoms with Crippen molar-refractivity contribution in [3.8, 4) is 6.07 Å². The van der Waals surface area contributed by atoms with Crippen molar-refractivity contribution in [2.75, 3.05) is 32.7 Å². The van der Waals surface area contributed by atoms with Crippen LogP contribution in [0, 0.1) is 18.3 Å². The fourth-order valence-corrected chi connectivity index (χ4v) is 4.07. The number of piperazine rings is 1. The van der Waals surface area contributed by atoms with Gasteiger partial charge in [-0.15, -0.1) is 0 Å². The normalized spacial score (nSPS) is 16.4. The predicted molar refractivity (Wildman–Crippen MR) is 114 cm³/mol. The number of carbonyl (C=O) groups excluding carboxylic acids is 3. The number of benzene rings is 2. The Kier molecular flexibility index (Phi) is 5.83. The van der Waals surface area contributed by atoms with Crippen LogP contribution >= 0.6 is 0 Å². The molecule has 1 fully saturated rings. The first-order valence-corrected chi connectivity index (χ1v) is 10.4. The Labute approximate surface area is 181 Å². The highest BCUT2D eigenvalue weighted by Crippen LogP contribution is 2.24. The highest BCUT2D eigenvalue weighted by atomic mass is 16.2. The van der Waals surface area contributed by atoms with E-state index in [0.717, 1.165) is 30.8 Å². The van der Waals surface area contributed by atoms with Crippen LogP contribution in [-0.2, 0) is 11.3 Å². The lowest BCUT2D eigenvalue weighted by atomic mass is 10.1. The molecule has 0 unspecified atom stereocenters. The first kappa shape index (κ1) is 20.8. The van der Waals surface area contributed by atoms with Crippen LogP contribution in [-0.4, -0.2) is 65.1 Å². The van der Waals surface area contributed by atoms with E-state index in [1.807, 2.05) is 37.3 Å². The van der Waals surface area contributed by atoms with Gasteiger partial charge in [0.25, 0.3) is 11.8 Å². The Morgan fingerprint density at radius 2 is 1.65 bits per heavy atom. The number of nitriles is 1. The summed E-state index contributed by atoms with van der Waals surface area (Å²) in [5.74, 6) is -0.672. The van der Waals surface area contributed by atoms with Gasteiger partial charge in [0.05, 0.1) is 22.8 Å². The summed E-state index contributed by atoms with van der Waals surface area (Å²) in [4.78, 5) is 43.0. The van der Waals surface area contributed by atoms with Crippen LogP contribution in [0.4, 0.5) is 0 Å². The molecule has 0 aromatic heterocycles. The lowest BCUT2D eigenvalue weighted by molar-refractivity contribution is -0.133. The third-order valence-electron chi connectivity index (χ3n) is 5.89. The molecule has 2 aromatic rings. The molecule has 2 heterocycles. The molecule has 4 rings (SSSR count). The topological polar surface area (TPSA) is 84.7 Å². The van der Waals surface area contributed by atoms with Crippen molar-refractivity contribution in [3.05, 3.63) is 70.3 Å². The van der Waals surface area contributed by atoms with Crippen molar-refractivity contribution in [1.29, 1.82) is 5.26 Å². The van der Waals surface area contributed by atoms with Crippen LogP contribution in [0.3, 0.4) is 0 Å². The lowest BCUT2D eigenvalue weighted by Gasteiger charge is -2.35. The number of fused-ring (bicyclic) bond motifs is 1. The van der Waals surface area contributed by atoms with E-state index in [4.69, 9.17) is 5.26 Å². The van der Waals surface area contributed by atoms with Crippen molar-refractivity contribution in [3.63, 3.8) is 0 Å². The van der Waals surface area contributed by atoms with Gasteiger partial charge in [0, 0.05) is 45.7 Å². The molecule has 31 heavy (non-hydrogen) atoms. The minimum atomic E-state index is -0.319. The summed E-state index contributed by atoms with van der Waals surface area (Å²) in [5, 5.41) is 8.89. The third kappa shape index (κ3) is 4.35. The van der Waals surface area contributed by atoms with Gasteiger partial charge < -0.3 is 4.90 Å². The molecular formula is C24H24N4O3. The smallest absolute Gasteiger partial charge is 0.261 e. The zero-order chi connectivity index (χ0) is 22.0. The lowest BCUT2D eigenvalue weighted by Crippen LogP contribution is -2.49. The van der Waals surface area contributed by atoms with Gasteiger partial charge in [0.15, 0.2) is 0 Å². The van der Waals surface area contributed by atoms with E-state index < -0.39 is 0 Å². The number of amides is 3. The zero-order valence-corrected chi connectivity index (χ0v) is 17.5. The van der Waals surface area contributed by atoms with Gasteiger partial charge in [0.2, 0.25) is 5.91 Å². The number of hydrogen-bond acceptors (Lipinski definition) is 5. The number of hydrogen-bond donors (Lipinski definition) is 0. The Morgan fingerprint density at radius 1 is 0.968 bits per heavy atom. The highest BCUT2D eigenvalue weighted by molar-refractivity contribution is 6.21. The second-order valence-electron chi connectivity index (χ2n) is 8.03. The molecule has 0 radical (unpaired) electrons. The van der Waals surface area contributed by atoms with E-state index in [1.54, 1.807) is 17.0 Å². The van der Waals surface area contributed by atoms with E-state index in [2.05, 4.69) is 11.0 Å². The largest absolute Gasteiger partial charge is 0.340 e. The van der Waals surface area contributed by atoms with Crippen molar-refractivity contribution < 1.29 is 14.4 Å². The minimum Gasteiger partial charge on any atom is -0.340 e. The summed E-state index contributed by atoms with van der Waals surface area (Å²) in [6, 6.07) is 14.9. The van der Waals surface area contributed by atoms with Gasteiger partial charge in [-0.2, -0.15) is 5.26 Å². The Balaban J connectivity index is 1.26. The Hall–Kier alpha value is -3.50. The first-order chi connectivity index (χ1) is 15.0. The molecule has 158 valence electrons. The SMILES string of the molecule is Cc1ccc2c(c1)C(=O)N(CCC(=O)N1CCN(Cc3ccc(C#N)cc3)CC1)C2=O. The molecule has 3 amide bonds. The van der Waals surface area contributed by atoms with Crippen LogP contribution in [0.5, 0.6) is 0 Å². The monoisotopic (exact) mass is 416 g/mol. The van der Waals surface area contributed by atoms with E-state index >= 15 is 0 Å². The molecule has 0 atom stereocenters. The second kappa shape index (κ2) is 8.70. The number of aryl methyl sites for hydroxylation is 1. The van der Waals surface area contributed by atoms with Gasteiger partial charge >= 0.3 is 0 Å². The van der Waals surface area contributed by atoms with Crippen LogP contribution in [0.2, 0.25) is 0 Å². The molecule has 2 aliphatic rings. The third-order valence-corrected chi connectivity index (χ3v) is 5.89. The Morgan fingerprint density at radius 3 is 2.32 bits per heavy atom. The molecule has 0 N–H and O–H groups in total. The molecule has 7 heteroatoms. The summed E-state index contributed by atoms with van der Waals surface area (Å²) in [6.45, 7) is 5.53. The molecule has 0 bridgehead atoms. The van der Waals surface area contributed by atoms with Crippen molar-refractivity contribution in [1.82, 2.24) is 14.7 Å². The van der Waals surface area contributed by atoms with E-state index in [9.17, 15) is 14.4 Å². The molecule has 7 nitrogen and oxygen atoms in total. The fraction of sp³-hybridized carbons (Fsp3) is 0.333. The molecule has 0 aliphatic carbocycles. The highest BCUT2D eigenvalue weighted by Gasteiger charge is 2.35. The van der Waals surface area contributed by atoms with Crippen LogP contribution in [0.25, 0.3) is 0 Å². The molecule has 0 saturated carbocycles. The van der Waals surface area contributed by atoms with Gasteiger partial charge in [-0.05, 0) is 36.8 Å². The number of imide groups is 1. The first-order valence-electron chi connectivity index (χ1n) is 10.4. The van der Waals surface area contributed by atoms with E-state index in [-0.39, 0.29) is 30.7 Å². The molecule has 0 spiro atoms. The predicted octanol–water partition coefficient (Wildman–Crippen LogP) is 2.20. The molecule has 2 aliphatic heterocycles. The summed E-state index contributed by atoms with van der Waals surface area (Å²) in [7, 11) is 0. The molecular weight excluding hydrogens is 392 g/mol. The average Bonchev–Trinajstić information content (AvgIpc) is 3.02. The number of carbonyl (C=O) groups is 3. The number of rotatable bonds is 5. The van der Waals surface area contributed by atoms with E-state index in [1.165, 1.54) is 4.90 Å². The average molecular weight is 416 g/mol. The summed E-state index contributed by atoms with van der Waals surface area (Å²) in [5.41, 5.74) is 3.55. The Bertz CT molecular complexity index is 1060. The van der Waals surface area contributed by atoms with E-state index in [0.29, 0.717) is 29.8 Å². The maximum absolute atomic E-state index is 12.7. The minimum absolute atomic E-state index is 0.0363. The van der Waals surface area contributed by atoms with Crippen LogP contribution in [0.15, 0.2) is 42.5 Å². The maximum atomic E-state index is 12.7. The van der Waals surface area contributed by atoms with Gasteiger partial charge in [-0.25, -0.2) is 0 Å². The summed E-state index contributed by atoms with van der Waals surface area (Å²) in [6.07, 6.45) is 0.139. The quantitative estimate of drug-likeness (QED) is 0.698. The zero-order valence-electron chi connectivity index (χ0n) is 17.5. The van der Waals surface area contributed by atoms with Crippen LogP contribution < -0.4 is 0 Å². The fourth-order valence-electron chi connectivity index (χ4n) is 4.07. The van der Waals surface area contributed by atoms with Crippen molar-refractivity contribution >= 4 is 17.7 Å². The number of nitrogens with zero attached hydrogens (tertiary/aromatic N) is 4. The van der Waals surface area contributed by atoms with Crippen molar-refractivity contribution in [2.45, 2.75) is 19.9 Å². The standard InChI is InChI=1S/C24H24N4O3/c1-17-2-7-20-21(14-17)24(31)28(23(20)30)9-8-22(29)27-12-10-26(11-13-27)16-19-5-3-18(15-25)4-6-19/h2-7,14H,8-13,16H2,1H3. The maximum Gasteiger partial charge on any atom is 0.261 e. The van der Waals surface area contributed by atoms with Gasteiger partial charge in [0.1, 0.15) is 0 Å². The van der Waals surface area contributed by atoms with Crippen LogP contribution in [0.1, 0.15) is 43.8 Å². The second-order valence-corrected chi connectivity index (χ2v) is 8.03. The van der Waals surface area contributed by atoms with Gasteiger partial charge in [-0.1, -0.05) is 23.8 Å².